The summed E-state index contributed by atoms with van der Waals surface area (Å²) in [6, 6.07) is 0. The highest BCUT2D eigenvalue weighted by Crippen LogP contribution is 2.46. The summed E-state index contributed by atoms with van der Waals surface area (Å²) in [6.45, 7) is 8.36. The third-order valence-electron chi connectivity index (χ3n) is 5.39. The van der Waals surface area contributed by atoms with E-state index in [0.717, 1.165) is 19.3 Å². The molecule has 2 fully saturated rings. The van der Waals surface area contributed by atoms with E-state index in [0.29, 0.717) is 5.78 Å². The van der Waals surface area contributed by atoms with Crippen molar-refractivity contribution in [2.75, 3.05) is 14.1 Å². The molecule has 2 aliphatic rings. The van der Waals surface area contributed by atoms with Gasteiger partial charge in [0.1, 0.15) is 0 Å². The zero-order chi connectivity index (χ0) is 15.2. The minimum atomic E-state index is -0.346. The Morgan fingerprint density at radius 3 is 2.00 bits per heavy atom. The molecule has 1 aliphatic carbocycles. The molecule has 1 atom stereocenters. The van der Waals surface area contributed by atoms with Crippen molar-refractivity contribution >= 4 is 5.78 Å². The number of carbonyl (C=O) groups is 1. The molecule has 0 N–H and O–H groups in total. The molecule has 2 rings (SSSR count). The number of ketones is 1. The smallest absolute Gasteiger partial charge is 0.159 e. The van der Waals surface area contributed by atoms with E-state index in [1.165, 1.54) is 19.3 Å². The van der Waals surface area contributed by atoms with Gasteiger partial charge in [0.2, 0.25) is 0 Å². The van der Waals surface area contributed by atoms with Crippen LogP contribution in [0, 0.1) is 5.92 Å². The highest BCUT2D eigenvalue weighted by Gasteiger charge is 2.55. The van der Waals surface area contributed by atoms with Crippen LogP contribution in [-0.2, 0) is 9.53 Å². The van der Waals surface area contributed by atoms with Crippen molar-refractivity contribution in [3.05, 3.63) is 0 Å². The average molecular weight is 281 g/mol. The van der Waals surface area contributed by atoms with Gasteiger partial charge in [-0.05, 0) is 61.1 Å². The first-order valence-electron chi connectivity index (χ1n) is 8.03. The van der Waals surface area contributed by atoms with Gasteiger partial charge in [0.15, 0.2) is 5.78 Å². The van der Waals surface area contributed by atoms with Gasteiger partial charge in [0.05, 0.1) is 22.7 Å². The summed E-state index contributed by atoms with van der Waals surface area (Å²) in [4.78, 5) is 15.5. The van der Waals surface area contributed by atoms with Gasteiger partial charge in [-0.1, -0.05) is 19.3 Å². The van der Waals surface area contributed by atoms with Crippen LogP contribution in [0.3, 0.4) is 0 Å². The van der Waals surface area contributed by atoms with Gasteiger partial charge in [-0.3, -0.25) is 9.69 Å². The maximum Gasteiger partial charge on any atom is 0.159 e. The summed E-state index contributed by atoms with van der Waals surface area (Å²) in [5, 5.41) is 0. The Hall–Kier alpha value is -0.410. The number of ether oxygens (including phenoxy) is 1. The second kappa shape index (κ2) is 5.10. The molecule has 1 saturated carbocycles. The third kappa shape index (κ3) is 2.67. The van der Waals surface area contributed by atoms with Crippen molar-refractivity contribution in [2.24, 2.45) is 5.92 Å². The van der Waals surface area contributed by atoms with Gasteiger partial charge in [-0.15, -0.1) is 0 Å². The summed E-state index contributed by atoms with van der Waals surface area (Å²) in [5.74, 6) is 0.427. The lowest BCUT2D eigenvalue weighted by atomic mass is 9.69. The number of nitrogens with zero attached hydrogens (tertiary/aromatic N) is 1. The first kappa shape index (κ1) is 16.0. The van der Waals surface area contributed by atoms with Crippen LogP contribution in [0.2, 0.25) is 0 Å². The minimum absolute atomic E-state index is 0.0120. The van der Waals surface area contributed by atoms with E-state index in [-0.39, 0.29) is 22.7 Å². The van der Waals surface area contributed by atoms with Crippen molar-refractivity contribution in [1.82, 2.24) is 4.90 Å². The number of rotatable bonds is 3. The Bertz CT molecular complexity index is 378. The normalized spacial score (nSPS) is 31.4. The molecule has 20 heavy (non-hydrogen) atoms. The maximum absolute atomic E-state index is 13.3. The Kier molecular flexibility index (Phi) is 4.07. The van der Waals surface area contributed by atoms with E-state index in [1.807, 2.05) is 0 Å². The molecule has 0 aromatic heterocycles. The van der Waals surface area contributed by atoms with E-state index in [9.17, 15) is 4.79 Å². The van der Waals surface area contributed by atoms with Crippen LogP contribution in [0.15, 0.2) is 0 Å². The fourth-order valence-corrected chi connectivity index (χ4v) is 4.35. The number of hydrogen-bond donors (Lipinski definition) is 0. The molecule has 0 aromatic carbocycles. The van der Waals surface area contributed by atoms with Gasteiger partial charge in [0.25, 0.3) is 0 Å². The number of likely N-dealkylation sites (N-methyl/N-ethyl adjacent to an activating group) is 1. The molecule has 0 radical (unpaired) electrons. The molecule has 0 aromatic rings. The van der Waals surface area contributed by atoms with Gasteiger partial charge in [0, 0.05) is 0 Å². The number of hydrogen-bond acceptors (Lipinski definition) is 3. The maximum atomic E-state index is 13.3. The summed E-state index contributed by atoms with van der Waals surface area (Å²) >= 11 is 0. The summed E-state index contributed by atoms with van der Waals surface area (Å²) in [6.07, 6.45) is 6.45. The largest absolute Gasteiger partial charge is 0.369 e. The Balaban J connectivity index is 2.29. The van der Waals surface area contributed by atoms with Gasteiger partial charge in [-0.2, -0.15) is 0 Å². The second-order valence-corrected chi connectivity index (χ2v) is 8.07. The molecule has 1 heterocycles. The zero-order valence-corrected chi connectivity index (χ0v) is 14.1. The molecule has 3 heteroatoms. The fourth-order valence-electron chi connectivity index (χ4n) is 4.35. The molecule has 0 spiro atoms. The van der Waals surface area contributed by atoms with Gasteiger partial charge in [-0.25, -0.2) is 0 Å². The van der Waals surface area contributed by atoms with Crippen LogP contribution < -0.4 is 0 Å². The third-order valence-corrected chi connectivity index (χ3v) is 5.39. The molecular formula is C17H31NO2. The second-order valence-electron chi connectivity index (χ2n) is 8.07. The van der Waals surface area contributed by atoms with Crippen molar-refractivity contribution in [3.63, 3.8) is 0 Å². The lowest BCUT2D eigenvalue weighted by molar-refractivity contribution is -0.142. The molecule has 1 unspecified atom stereocenters. The van der Waals surface area contributed by atoms with Crippen LogP contribution in [0.4, 0.5) is 0 Å². The lowest BCUT2D eigenvalue weighted by Crippen LogP contribution is -2.56. The summed E-state index contributed by atoms with van der Waals surface area (Å²) in [5.41, 5.74) is -0.795. The summed E-state index contributed by atoms with van der Waals surface area (Å²) < 4.78 is 6.15. The highest BCUT2D eigenvalue weighted by molar-refractivity contribution is 5.91. The monoisotopic (exact) mass is 281 g/mol. The SMILES string of the molecule is CN(C)C1(C(=O)C2CC(C)(C)OC2(C)C)CCCCC1. The molecule has 3 nitrogen and oxygen atoms in total. The molecule has 1 aliphatic heterocycles. The van der Waals surface area contributed by atoms with E-state index in [2.05, 4.69) is 46.7 Å². The van der Waals surface area contributed by atoms with Crippen molar-refractivity contribution in [2.45, 2.75) is 83.0 Å². The van der Waals surface area contributed by atoms with E-state index in [1.54, 1.807) is 0 Å². The first-order chi connectivity index (χ1) is 9.11. The van der Waals surface area contributed by atoms with Crippen LogP contribution >= 0.6 is 0 Å². The number of Topliss-reactive ketones (excluding diaryl/α,β-unsaturated/α-hetero) is 1. The molecule has 116 valence electrons. The van der Waals surface area contributed by atoms with Crippen LogP contribution in [-0.4, -0.2) is 41.5 Å². The van der Waals surface area contributed by atoms with Crippen LogP contribution in [0.1, 0.15) is 66.2 Å². The van der Waals surface area contributed by atoms with Crippen molar-refractivity contribution in [3.8, 4) is 0 Å². The lowest BCUT2D eigenvalue weighted by Gasteiger charge is -2.44. The van der Waals surface area contributed by atoms with Crippen LogP contribution in [0.5, 0.6) is 0 Å². The standard InChI is InChI=1S/C17H31NO2/c1-15(2)12-13(16(3,4)20-15)14(19)17(18(5)6)10-8-7-9-11-17/h13H,7-12H2,1-6H3. The molecule has 0 bridgehead atoms. The van der Waals surface area contributed by atoms with E-state index >= 15 is 0 Å². The van der Waals surface area contributed by atoms with E-state index < -0.39 is 0 Å². The minimum Gasteiger partial charge on any atom is -0.369 e. The molecular weight excluding hydrogens is 250 g/mol. The van der Waals surface area contributed by atoms with Crippen LogP contribution in [0.25, 0.3) is 0 Å². The van der Waals surface area contributed by atoms with E-state index in [4.69, 9.17) is 4.74 Å². The first-order valence-corrected chi connectivity index (χ1v) is 8.03. The summed E-state index contributed by atoms with van der Waals surface area (Å²) in [7, 11) is 4.13. The Morgan fingerprint density at radius 1 is 1.05 bits per heavy atom. The molecule has 1 saturated heterocycles. The van der Waals surface area contributed by atoms with Gasteiger partial charge < -0.3 is 4.74 Å². The average Bonchev–Trinajstić information content (AvgIpc) is 2.57. The predicted molar refractivity (Wildman–Crippen MR) is 81.9 cm³/mol. The predicted octanol–water partition coefficient (Wildman–Crippen LogP) is 3.41. The fraction of sp³-hybridized carbons (Fsp3) is 0.941. The van der Waals surface area contributed by atoms with Crippen molar-refractivity contribution in [1.29, 1.82) is 0 Å². The quantitative estimate of drug-likeness (QED) is 0.794. The zero-order valence-electron chi connectivity index (χ0n) is 14.1. The number of carbonyl (C=O) groups excluding carboxylic acids is 1. The molecule has 0 amide bonds. The Morgan fingerprint density at radius 2 is 1.60 bits per heavy atom. The highest BCUT2D eigenvalue weighted by atomic mass is 16.5. The van der Waals surface area contributed by atoms with Crippen molar-refractivity contribution < 1.29 is 9.53 Å². The topological polar surface area (TPSA) is 29.5 Å². The Labute approximate surface area is 124 Å². The van der Waals surface area contributed by atoms with Gasteiger partial charge >= 0.3 is 0 Å².